The lowest BCUT2D eigenvalue weighted by molar-refractivity contribution is -0.159. The first-order valence-corrected chi connectivity index (χ1v) is 9.05. The van der Waals surface area contributed by atoms with Gasteiger partial charge in [0.15, 0.2) is 0 Å². The average molecular weight is 364 g/mol. The molecule has 0 atom stereocenters. The molecule has 2 N–H and O–H groups in total. The molecule has 0 unspecified atom stereocenters. The van der Waals surface area contributed by atoms with Gasteiger partial charge in [-0.25, -0.2) is 9.59 Å². The molecule has 1 heterocycles. The van der Waals surface area contributed by atoms with Crippen molar-refractivity contribution in [2.75, 3.05) is 33.3 Å². The minimum Gasteiger partial charge on any atom is -0.497 e. The summed E-state index contributed by atoms with van der Waals surface area (Å²) in [5.74, 6) is -2.70. The Labute approximate surface area is 154 Å². The van der Waals surface area contributed by atoms with Crippen molar-refractivity contribution in [2.45, 2.75) is 38.3 Å². The topological polar surface area (TPSA) is 90.3 Å². The van der Waals surface area contributed by atoms with E-state index in [2.05, 4.69) is 34.1 Å². The zero-order chi connectivity index (χ0) is 18.9. The molecule has 7 heteroatoms. The second kappa shape index (κ2) is 10.1. The number of benzene rings is 1. The third kappa shape index (κ3) is 6.31. The summed E-state index contributed by atoms with van der Waals surface area (Å²) in [4.78, 5) is 23.5. The Bertz CT molecular complexity index is 564. The molecular weight excluding hydrogens is 336 g/mol. The fourth-order valence-corrected chi connectivity index (χ4v) is 3.55. The van der Waals surface area contributed by atoms with Crippen molar-refractivity contribution in [3.8, 4) is 5.75 Å². The van der Waals surface area contributed by atoms with Crippen LogP contribution < -0.4 is 4.74 Å². The van der Waals surface area contributed by atoms with E-state index in [1.807, 2.05) is 0 Å². The summed E-state index contributed by atoms with van der Waals surface area (Å²) in [6, 6.07) is 9.37. The minimum atomic E-state index is -1.82. The fourth-order valence-electron chi connectivity index (χ4n) is 3.55. The maximum absolute atomic E-state index is 9.10. The number of methoxy groups -OCH3 is 1. The quantitative estimate of drug-likeness (QED) is 0.789. The summed E-state index contributed by atoms with van der Waals surface area (Å²) in [5, 5.41) is 14.8. The highest BCUT2D eigenvalue weighted by molar-refractivity contribution is 6.27. The number of aliphatic carboxylic acids is 2. The zero-order valence-corrected chi connectivity index (χ0v) is 15.3. The Kier molecular flexibility index (Phi) is 7.87. The average Bonchev–Trinajstić information content (AvgIpc) is 3.18. The number of carbonyl (C=O) groups is 2. The third-order valence-corrected chi connectivity index (χ3v) is 5.00. The number of carboxylic acids is 2. The number of rotatable bonds is 4. The van der Waals surface area contributed by atoms with E-state index in [4.69, 9.17) is 24.5 Å². The van der Waals surface area contributed by atoms with Crippen molar-refractivity contribution in [1.82, 2.24) is 9.80 Å². The van der Waals surface area contributed by atoms with Crippen molar-refractivity contribution in [1.29, 1.82) is 0 Å². The van der Waals surface area contributed by atoms with Gasteiger partial charge in [-0.15, -0.1) is 0 Å². The highest BCUT2D eigenvalue weighted by Crippen LogP contribution is 2.24. The standard InChI is InChI=1S/C17H26N2O.C2H2O4/c1-20-17-8-6-15(7-9-17)14-18-10-12-19(13-11-18)16-4-2-3-5-16;3-1(4)2(5)6/h6-9,16H,2-5,10-14H2,1H3;(H,3,4)(H,5,6). The van der Waals surface area contributed by atoms with Gasteiger partial charge in [-0.3, -0.25) is 9.80 Å². The van der Waals surface area contributed by atoms with Crippen LogP contribution in [-0.2, 0) is 16.1 Å². The maximum atomic E-state index is 9.10. The van der Waals surface area contributed by atoms with Gasteiger partial charge in [0, 0.05) is 38.8 Å². The normalized spacial score (nSPS) is 18.8. The predicted octanol–water partition coefficient (Wildman–Crippen LogP) is 1.91. The van der Waals surface area contributed by atoms with Crippen LogP contribution in [0.3, 0.4) is 0 Å². The second-order valence-electron chi connectivity index (χ2n) is 6.71. The Morgan fingerprint density at radius 1 is 1.00 bits per heavy atom. The largest absolute Gasteiger partial charge is 0.497 e. The van der Waals surface area contributed by atoms with Crippen LogP contribution >= 0.6 is 0 Å². The van der Waals surface area contributed by atoms with Gasteiger partial charge in [0.25, 0.3) is 0 Å². The van der Waals surface area contributed by atoms with Gasteiger partial charge >= 0.3 is 11.9 Å². The van der Waals surface area contributed by atoms with Crippen molar-refractivity contribution in [2.24, 2.45) is 0 Å². The molecule has 0 aromatic heterocycles. The monoisotopic (exact) mass is 364 g/mol. The summed E-state index contributed by atoms with van der Waals surface area (Å²) in [6.45, 7) is 6.00. The summed E-state index contributed by atoms with van der Waals surface area (Å²) in [5.41, 5.74) is 1.39. The first-order chi connectivity index (χ1) is 12.5. The Balaban J connectivity index is 0.000000352. The minimum absolute atomic E-state index is 0.887. The van der Waals surface area contributed by atoms with Crippen molar-refractivity contribution < 1.29 is 24.5 Å². The van der Waals surface area contributed by atoms with E-state index in [1.54, 1.807) is 7.11 Å². The van der Waals surface area contributed by atoms with Crippen LogP contribution in [0.1, 0.15) is 31.2 Å². The molecule has 1 aromatic rings. The molecule has 1 aliphatic heterocycles. The molecule has 0 bridgehead atoms. The van der Waals surface area contributed by atoms with Gasteiger partial charge < -0.3 is 14.9 Å². The molecule has 7 nitrogen and oxygen atoms in total. The summed E-state index contributed by atoms with van der Waals surface area (Å²) in [6.07, 6.45) is 5.74. The number of hydrogen-bond acceptors (Lipinski definition) is 5. The maximum Gasteiger partial charge on any atom is 0.414 e. The molecule has 1 aliphatic carbocycles. The molecule has 0 radical (unpaired) electrons. The van der Waals surface area contributed by atoms with E-state index in [0.29, 0.717) is 0 Å². The summed E-state index contributed by atoms with van der Waals surface area (Å²) >= 11 is 0. The van der Waals surface area contributed by atoms with Crippen molar-refractivity contribution in [3.05, 3.63) is 29.8 Å². The van der Waals surface area contributed by atoms with Crippen LogP contribution in [0.4, 0.5) is 0 Å². The van der Waals surface area contributed by atoms with Gasteiger partial charge in [-0.2, -0.15) is 0 Å². The molecule has 144 valence electrons. The smallest absolute Gasteiger partial charge is 0.414 e. The Morgan fingerprint density at radius 3 is 2.00 bits per heavy atom. The lowest BCUT2D eigenvalue weighted by atomic mass is 10.1. The molecule has 0 spiro atoms. The first-order valence-electron chi connectivity index (χ1n) is 9.05. The molecular formula is C19H28N2O5. The summed E-state index contributed by atoms with van der Waals surface area (Å²) < 4.78 is 5.21. The Morgan fingerprint density at radius 2 is 1.54 bits per heavy atom. The van der Waals surface area contributed by atoms with Gasteiger partial charge in [0.05, 0.1) is 7.11 Å². The molecule has 2 aliphatic rings. The third-order valence-electron chi connectivity index (χ3n) is 5.00. The van der Waals surface area contributed by atoms with Gasteiger partial charge in [0.1, 0.15) is 5.75 Å². The van der Waals surface area contributed by atoms with E-state index < -0.39 is 11.9 Å². The van der Waals surface area contributed by atoms with Gasteiger partial charge in [0.2, 0.25) is 0 Å². The summed E-state index contributed by atoms with van der Waals surface area (Å²) in [7, 11) is 1.72. The van der Waals surface area contributed by atoms with E-state index in [-0.39, 0.29) is 0 Å². The van der Waals surface area contributed by atoms with E-state index in [9.17, 15) is 0 Å². The lowest BCUT2D eigenvalue weighted by Gasteiger charge is -2.38. The van der Waals surface area contributed by atoms with Crippen LogP contribution in [-0.4, -0.2) is 71.3 Å². The molecule has 0 amide bonds. The van der Waals surface area contributed by atoms with E-state index in [0.717, 1.165) is 18.3 Å². The van der Waals surface area contributed by atoms with Crippen LogP contribution in [0.2, 0.25) is 0 Å². The van der Waals surface area contributed by atoms with Crippen molar-refractivity contribution in [3.63, 3.8) is 0 Å². The number of nitrogens with zero attached hydrogens (tertiary/aromatic N) is 2. The Hall–Kier alpha value is -2.12. The molecule has 1 saturated heterocycles. The lowest BCUT2D eigenvalue weighted by Crippen LogP contribution is -2.49. The van der Waals surface area contributed by atoms with Gasteiger partial charge in [-0.1, -0.05) is 25.0 Å². The first kappa shape index (κ1) is 20.2. The van der Waals surface area contributed by atoms with Crippen LogP contribution in [0.15, 0.2) is 24.3 Å². The zero-order valence-electron chi connectivity index (χ0n) is 15.3. The molecule has 26 heavy (non-hydrogen) atoms. The van der Waals surface area contributed by atoms with Gasteiger partial charge in [-0.05, 0) is 30.5 Å². The molecule has 2 fully saturated rings. The SMILES string of the molecule is COc1ccc(CN2CCN(C3CCCC3)CC2)cc1.O=C(O)C(=O)O. The highest BCUT2D eigenvalue weighted by atomic mass is 16.5. The molecule has 3 rings (SSSR count). The molecule has 1 saturated carbocycles. The van der Waals surface area contributed by atoms with Crippen LogP contribution in [0.25, 0.3) is 0 Å². The number of hydrogen-bond donors (Lipinski definition) is 2. The van der Waals surface area contributed by atoms with E-state index in [1.165, 1.54) is 57.4 Å². The number of carboxylic acid groups (broad SMARTS) is 2. The highest BCUT2D eigenvalue weighted by Gasteiger charge is 2.25. The fraction of sp³-hybridized carbons (Fsp3) is 0.579. The number of ether oxygens (including phenoxy) is 1. The van der Waals surface area contributed by atoms with E-state index >= 15 is 0 Å². The number of piperazine rings is 1. The van der Waals surface area contributed by atoms with Crippen LogP contribution in [0, 0.1) is 0 Å². The second-order valence-corrected chi connectivity index (χ2v) is 6.71. The predicted molar refractivity (Wildman–Crippen MR) is 97.4 cm³/mol. The van der Waals surface area contributed by atoms with Crippen LogP contribution in [0.5, 0.6) is 5.75 Å². The molecule has 1 aromatic carbocycles. The van der Waals surface area contributed by atoms with Crippen molar-refractivity contribution >= 4 is 11.9 Å².